The monoisotopic (exact) mass is 268 g/mol. The summed E-state index contributed by atoms with van der Waals surface area (Å²) in [7, 11) is 0. The summed E-state index contributed by atoms with van der Waals surface area (Å²) >= 11 is 0.932. The molecule has 1 aromatic heterocycles. The van der Waals surface area contributed by atoms with Crippen molar-refractivity contribution in [2.75, 3.05) is 0 Å². The topological polar surface area (TPSA) is 69.2 Å². The average molecular weight is 268 g/mol. The Kier molecular flexibility index (Phi) is 3.33. The third-order valence-corrected chi connectivity index (χ3v) is 3.24. The van der Waals surface area contributed by atoms with Crippen LogP contribution in [0.25, 0.3) is 0 Å². The van der Waals surface area contributed by atoms with Crippen molar-refractivity contribution in [3.05, 3.63) is 45.6 Å². The molecule has 5 nitrogen and oxygen atoms in total. The zero-order valence-corrected chi connectivity index (χ0v) is 10.5. The quantitative estimate of drug-likeness (QED) is 0.629. The molecule has 18 heavy (non-hydrogen) atoms. The number of para-hydroxylation sites is 1. The number of nitro benzene ring substituents is 1. The highest BCUT2D eigenvalue weighted by Crippen LogP contribution is 2.36. The lowest BCUT2D eigenvalue weighted by atomic mass is 10.3. The first-order valence-corrected chi connectivity index (χ1v) is 5.85. The van der Waals surface area contributed by atoms with Crippen molar-refractivity contribution in [2.24, 2.45) is 0 Å². The van der Waals surface area contributed by atoms with Crippen molar-refractivity contribution in [3.8, 4) is 0 Å². The maximum atomic E-state index is 13.4. The Labute approximate surface area is 106 Å². The zero-order valence-electron chi connectivity index (χ0n) is 9.64. The van der Waals surface area contributed by atoms with Crippen LogP contribution in [0.3, 0.4) is 0 Å². The van der Waals surface area contributed by atoms with Crippen molar-refractivity contribution >= 4 is 17.4 Å². The number of aryl methyl sites for hydroxylation is 2. The Morgan fingerprint density at radius 3 is 2.72 bits per heavy atom. The van der Waals surface area contributed by atoms with E-state index < -0.39 is 16.4 Å². The molecular weight excluding hydrogens is 259 g/mol. The van der Waals surface area contributed by atoms with Crippen LogP contribution in [-0.4, -0.2) is 9.91 Å². The third kappa shape index (κ3) is 2.35. The van der Waals surface area contributed by atoms with Gasteiger partial charge in [0.2, 0.25) is 5.82 Å². The third-order valence-electron chi connectivity index (χ3n) is 2.34. The van der Waals surface area contributed by atoms with Crippen molar-refractivity contribution in [2.45, 2.75) is 24.0 Å². The molecule has 0 aliphatic carbocycles. The zero-order chi connectivity index (χ0) is 13.3. The minimum atomic E-state index is -0.870. The van der Waals surface area contributed by atoms with Crippen LogP contribution >= 0.6 is 11.8 Å². The van der Waals surface area contributed by atoms with E-state index >= 15 is 0 Å². The molecule has 7 heteroatoms. The number of aromatic nitrogens is 1. The Hall–Kier alpha value is -1.89. The van der Waals surface area contributed by atoms with Crippen molar-refractivity contribution in [3.63, 3.8) is 0 Å². The summed E-state index contributed by atoms with van der Waals surface area (Å²) in [6.45, 7) is 3.51. The van der Waals surface area contributed by atoms with Gasteiger partial charge in [-0.2, -0.15) is 4.39 Å². The van der Waals surface area contributed by atoms with E-state index in [1.807, 2.05) is 0 Å². The lowest BCUT2D eigenvalue weighted by Crippen LogP contribution is -1.94. The fourth-order valence-electron chi connectivity index (χ4n) is 1.34. The van der Waals surface area contributed by atoms with E-state index in [1.54, 1.807) is 13.8 Å². The standard InChI is InChI=1S/C11H9FN2O3S/c1-6-7(2)17-11(13-6)18-9-5-3-4-8(12)10(9)14(15)16/h3-5H,1-2H3. The number of nitrogens with zero attached hydrogens (tertiary/aromatic N) is 2. The maximum Gasteiger partial charge on any atom is 0.318 e. The second-order valence-corrected chi connectivity index (χ2v) is 4.56. The van der Waals surface area contributed by atoms with Crippen LogP contribution in [0, 0.1) is 29.8 Å². The normalized spacial score (nSPS) is 10.6. The molecule has 2 rings (SSSR count). The second-order valence-electron chi connectivity index (χ2n) is 3.57. The fourth-order valence-corrected chi connectivity index (χ4v) is 2.29. The van der Waals surface area contributed by atoms with Crippen LogP contribution < -0.4 is 0 Å². The predicted molar refractivity (Wildman–Crippen MR) is 63.2 cm³/mol. The van der Waals surface area contributed by atoms with Crippen molar-refractivity contribution in [1.29, 1.82) is 0 Å². The molecule has 1 aromatic carbocycles. The molecule has 0 aliphatic heterocycles. The van der Waals surface area contributed by atoms with Gasteiger partial charge in [0.05, 0.1) is 15.5 Å². The van der Waals surface area contributed by atoms with Crippen LogP contribution in [0.1, 0.15) is 11.5 Å². The highest BCUT2D eigenvalue weighted by atomic mass is 32.2. The minimum Gasteiger partial charge on any atom is -0.436 e. The highest BCUT2D eigenvalue weighted by molar-refractivity contribution is 7.99. The predicted octanol–water partition coefficient (Wildman–Crippen LogP) is 3.49. The Balaban J connectivity index is 2.40. The van der Waals surface area contributed by atoms with Crippen LogP contribution in [0.4, 0.5) is 10.1 Å². The SMILES string of the molecule is Cc1nc(Sc2cccc(F)c2[N+](=O)[O-])oc1C. The highest BCUT2D eigenvalue weighted by Gasteiger charge is 2.22. The number of hydrogen-bond acceptors (Lipinski definition) is 5. The van der Waals surface area contributed by atoms with E-state index in [0.717, 1.165) is 17.8 Å². The van der Waals surface area contributed by atoms with Gasteiger partial charge in [-0.25, -0.2) is 4.98 Å². The molecule has 0 amide bonds. The number of oxazole rings is 1. The van der Waals surface area contributed by atoms with Gasteiger partial charge >= 0.3 is 5.69 Å². The van der Waals surface area contributed by atoms with Gasteiger partial charge in [0.25, 0.3) is 5.22 Å². The van der Waals surface area contributed by atoms with E-state index in [9.17, 15) is 14.5 Å². The molecule has 0 saturated carbocycles. The Morgan fingerprint density at radius 2 is 2.17 bits per heavy atom. The number of halogens is 1. The number of rotatable bonds is 3. The molecule has 0 bridgehead atoms. The lowest BCUT2D eigenvalue weighted by molar-refractivity contribution is -0.390. The number of nitro groups is 1. The Morgan fingerprint density at radius 1 is 1.44 bits per heavy atom. The molecule has 0 radical (unpaired) electrons. The second kappa shape index (κ2) is 4.77. The molecule has 0 atom stereocenters. The summed E-state index contributed by atoms with van der Waals surface area (Å²) in [6.07, 6.45) is 0. The molecule has 94 valence electrons. The molecule has 0 spiro atoms. The summed E-state index contributed by atoms with van der Waals surface area (Å²) in [4.78, 5) is 14.3. The minimum absolute atomic E-state index is 0.168. The lowest BCUT2D eigenvalue weighted by Gasteiger charge is -2.00. The van der Waals surface area contributed by atoms with Gasteiger partial charge in [0, 0.05) is 0 Å². The van der Waals surface area contributed by atoms with E-state index in [1.165, 1.54) is 12.1 Å². The van der Waals surface area contributed by atoms with Crippen LogP contribution in [-0.2, 0) is 0 Å². The van der Waals surface area contributed by atoms with Gasteiger partial charge in [-0.05, 0) is 37.7 Å². The van der Waals surface area contributed by atoms with Crippen molar-refractivity contribution in [1.82, 2.24) is 4.98 Å². The van der Waals surface area contributed by atoms with Crippen LogP contribution in [0.2, 0.25) is 0 Å². The summed E-state index contributed by atoms with van der Waals surface area (Å²) in [5.41, 5.74) is 0.146. The van der Waals surface area contributed by atoms with Gasteiger partial charge in [0.15, 0.2) is 0 Å². The fraction of sp³-hybridized carbons (Fsp3) is 0.182. The number of benzene rings is 1. The van der Waals surface area contributed by atoms with Gasteiger partial charge in [-0.1, -0.05) is 6.07 Å². The summed E-state index contributed by atoms with van der Waals surface area (Å²) in [6, 6.07) is 3.92. The van der Waals surface area contributed by atoms with Gasteiger partial charge in [0.1, 0.15) is 5.76 Å². The largest absolute Gasteiger partial charge is 0.436 e. The van der Waals surface area contributed by atoms with Gasteiger partial charge in [-0.3, -0.25) is 10.1 Å². The first-order valence-electron chi connectivity index (χ1n) is 5.04. The maximum absolute atomic E-state index is 13.4. The molecular formula is C11H9FN2O3S. The summed E-state index contributed by atoms with van der Waals surface area (Å²) in [5, 5.41) is 11.1. The summed E-state index contributed by atoms with van der Waals surface area (Å²) < 4.78 is 18.7. The van der Waals surface area contributed by atoms with Gasteiger partial charge < -0.3 is 4.42 Å². The first-order chi connectivity index (χ1) is 8.49. The first kappa shape index (κ1) is 12.6. The molecule has 0 N–H and O–H groups in total. The van der Waals surface area contributed by atoms with E-state index in [-0.39, 0.29) is 10.1 Å². The molecule has 0 fully saturated rings. The smallest absolute Gasteiger partial charge is 0.318 e. The average Bonchev–Trinajstić information content (AvgIpc) is 2.57. The van der Waals surface area contributed by atoms with Crippen molar-refractivity contribution < 1.29 is 13.7 Å². The Bertz CT molecular complexity index is 593. The van der Waals surface area contributed by atoms with Gasteiger partial charge in [-0.15, -0.1) is 0 Å². The molecule has 0 aliphatic rings. The molecule has 0 unspecified atom stereocenters. The molecule has 2 aromatic rings. The summed E-state index contributed by atoms with van der Waals surface area (Å²) in [5.74, 6) is -0.235. The van der Waals surface area contributed by atoms with Crippen LogP contribution in [0.15, 0.2) is 32.7 Å². The number of hydrogen-bond donors (Lipinski definition) is 0. The van der Waals surface area contributed by atoms with Crippen LogP contribution in [0.5, 0.6) is 0 Å². The van der Waals surface area contributed by atoms with E-state index in [2.05, 4.69) is 4.98 Å². The molecule has 0 saturated heterocycles. The molecule has 1 heterocycles. The van der Waals surface area contributed by atoms with E-state index in [4.69, 9.17) is 4.42 Å². The van der Waals surface area contributed by atoms with E-state index in [0.29, 0.717) is 11.5 Å².